The number of ether oxygens (including phenoxy) is 2. The highest BCUT2D eigenvalue weighted by atomic mass is 16.5. The van der Waals surface area contributed by atoms with Gasteiger partial charge < -0.3 is 14.8 Å². The minimum Gasteiger partial charge on any atom is -0.457 e. The first-order valence-corrected chi connectivity index (χ1v) is 8.21. The highest BCUT2D eigenvalue weighted by Crippen LogP contribution is 2.22. The zero-order valence-corrected chi connectivity index (χ0v) is 14.7. The van der Waals surface area contributed by atoms with Crippen LogP contribution < -0.4 is 10.1 Å². The molecule has 1 amide bonds. The normalized spacial score (nSPS) is 10.8. The molecule has 2 aromatic rings. The van der Waals surface area contributed by atoms with Crippen LogP contribution in [-0.2, 0) is 9.53 Å². The van der Waals surface area contributed by atoms with Gasteiger partial charge in [-0.05, 0) is 50.6 Å². The molecule has 0 heterocycles. The number of benzene rings is 2. The van der Waals surface area contributed by atoms with E-state index in [4.69, 9.17) is 9.47 Å². The van der Waals surface area contributed by atoms with Crippen molar-refractivity contribution in [1.29, 1.82) is 0 Å². The van der Waals surface area contributed by atoms with Crippen LogP contribution in [0.3, 0.4) is 0 Å². The molecule has 0 aromatic heterocycles. The molecule has 0 saturated carbocycles. The number of para-hydroxylation sites is 1. The van der Waals surface area contributed by atoms with Gasteiger partial charge in [0.25, 0.3) is 5.91 Å². The van der Waals surface area contributed by atoms with E-state index in [1.54, 1.807) is 24.3 Å². The van der Waals surface area contributed by atoms with Gasteiger partial charge in [-0.1, -0.05) is 31.2 Å². The number of nitrogens with one attached hydrogen (secondary N) is 1. The topological polar surface area (TPSA) is 64.6 Å². The smallest absolute Gasteiger partial charge is 0.338 e. The van der Waals surface area contributed by atoms with E-state index in [-0.39, 0.29) is 18.1 Å². The lowest BCUT2D eigenvalue weighted by atomic mass is 10.0. The summed E-state index contributed by atoms with van der Waals surface area (Å²) >= 11 is 0. The Hall–Kier alpha value is -2.82. The van der Waals surface area contributed by atoms with Crippen molar-refractivity contribution in [3.8, 4) is 11.5 Å². The van der Waals surface area contributed by atoms with Gasteiger partial charge in [0.05, 0.1) is 5.56 Å². The number of hydrogen-bond donors (Lipinski definition) is 1. The summed E-state index contributed by atoms with van der Waals surface area (Å²) in [6, 6.07) is 15.9. The number of amides is 1. The molecule has 0 atom stereocenters. The van der Waals surface area contributed by atoms with E-state index in [9.17, 15) is 9.59 Å². The number of rotatable bonds is 7. The van der Waals surface area contributed by atoms with Gasteiger partial charge in [-0.2, -0.15) is 0 Å². The van der Waals surface area contributed by atoms with Crippen molar-refractivity contribution in [2.75, 3.05) is 6.61 Å². The van der Waals surface area contributed by atoms with E-state index in [1.807, 2.05) is 51.1 Å². The van der Waals surface area contributed by atoms with E-state index in [0.29, 0.717) is 17.1 Å². The molecule has 0 saturated heterocycles. The van der Waals surface area contributed by atoms with Gasteiger partial charge >= 0.3 is 5.97 Å². The highest BCUT2D eigenvalue weighted by molar-refractivity contribution is 5.91. The molecular formula is C20H23NO4. The van der Waals surface area contributed by atoms with Crippen LogP contribution in [0.15, 0.2) is 54.6 Å². The monoisotopic (exact) mass is 341 g/mol. The Morgan fingerprint density at radius 1 is 1.00 bits per heavy atom. The van der Waals surface area contributed by atoms with Crippen LogP contribution in [0.1, 0.15) is 37.6 Å². The van der Waals surface area contributed by atoms with Crippen LogP contribution in [0, 0.1) is 0 Å². The second-order valence-electron chi connectivity index (χ2n) is 6.30. The fraction of sp³-hybridized carbons (Fsp3) is 0.300. The maximum atomic E-state index is 12.1. The second kappa shape index (κ2) is 8.33. The molecule has 0 aliphatic heterocycles. The van der Waals surface area contributed by atoms with E-state index in [1.165, 1.54) is 0 Å². The third kappa shape index (κ3) is 5.95. The molecule has 2 rings (SSSR count). The van der Waals surface area contributed by atoms with E-state index >= 15 is 0 Å². The minimum absolute atomic E-state index is 0.313. The average molecular weight is 341 g/mol. The Kier molecular flexibility index (Phi) is 6.17. The third-order valence-corrected chi connectivity index (χ3v) is 3.74. The summed E-state index contributed by atoms with van der Waals surface area (Å²) in [6.45, 7) is 5.49. The fourth-order valence-electron chi connectivity index (χ4n) is 2.03. The lowest BCUT2D eigenvalue weighted by Crippen LogP contribution is -2.44. The molecule has 132 valence electrons. The summed E-state index contributed by atoms with van der Waals surface area (Å²) in [5, 5.41) is 2.82. The van der Waals surface area contributed by atoms with Crippen molar-refractivity contribution in [3.05, 3.63) is 60.2 Å². The van der Waals surface area contributed by atoms with Crippen molar-refractivity contribution in [3.63, 3.8) is 0 Å². The predicted octanol–water partition coefficient (Wildman–Crippen LogP) is 3.94. The van der Waals surface area contributed by atoms with Gasteiger partial charge in [-0.3, -0.25) is 4.79 Å². The second-order valence-corrected chi connectivity index (χ2v) is 6.30. The van der Waals surface area contributed by atoms with Crippen molar-refractivity contribution in [2.45, 2.75) is 32.7 Å². The Morgan fingerprint density at radius 3 is 2.36 bits per heavy atom. The molecule has 2 aromatic carbocycles. The van der Waals surface area contributed by atoms with E-state index in [2.05, 4.69) is 5.32 Å². The van der Waals surface area contributed by atoms with E-state index in [0.717, 1.165) is 6.42 Å². The van der Waals surface area contributed by atoms with Crippen LogP contribution in [0.2, 0.25) is 0 Å². The van der Waals surface area contributed by atoms with Crippen molar-refractivity contribution in [1.82, 2.24) is 5.32 Å². The summed E-state index contributed by atoms with van der Waals surface area (Å²) in [5.41, 5.74) is 0.00316. The summed E-state index contributed by atoms with van der Waals surface area (Å²) in [5.74, 6) is 0.311. The van der Waals surface area contributed by atoms with Gasteiger partial charge in [-0.15, -0.1) is 0 Å². The first-order chi connectivity index (χ1) is 11.9. The van der Waals surface area contributed by atoms with Crippen LogP contribution in [0.4, 0.5) is 0 Å². The van der Waals surface area contributed by atoms with Crippen molar-refractivity contribution < 1.29 is 19.1 Å². The van der Waals surface area contributed by atoms with Gasteiger partial charge in [0.2, 0.25) is 0 Å². The number of carbonyl (C=O) groups excluding carboxylic acids is 2. The zero-order chi connectivity index (χ0) is 18.3. The summed E-state index contributed by atoms with van der Waals surface area (Å²) in [6.07, 6.45) is 0.783. The van der Waals surface area contributed by atoms with Crippen LogP contribution >= 0.6 is 0 Å². The summed E-state index contributed by atoms with van der Waals surface area (Å²) < 4.78 is 10.8. The molecular weight excluding hydrogens is 318 g/mol. The third-order valence-electron chi connectivity index (χ3n) is 3.74. The largest absolute Gasteiger partial charge is 0.457 e. The van der Waals surface area contributed by atoms with Crippen molar-refractivity contribution in [2.24, 2.45) is 0 Å². The Labute approximate surface area is 148 Å². The van der Waals surface area contributed by atoms with Crippen molar-refractivity contribution >= 4 is 11.9 Å². The lowest BCUT2D eigenvalue weighted by molar-refractivity contribution is -0.125. The van der Waals surface area contributed by atoms with Gasteiger partial charge in [0, 0.05) is 5.54 Å². The van der Waals surface area contributed by atoms with Gasteiger partial charge in [0.15, 0.2) is 6.61 Å². The first kappa shape index (κ1) is 18.5. The predicted molar refractivity (Wildman–Crippen MR) is 95.8 cm³/mol. The standard InChI is InChI=1S/C20H23NO4/c1-4-20(2,3)21-18(22)14-24-19(23)15-9-8-12-17(13-15)25-16-10-6-5-7-11-16/h5-13H,4,14H2,1-3H3,(H,21,22). The van der Waals surface area contributed by atoms with Gasteiger partial charge in [-0.25, -0.2) is 4.79 Å². The fourth-order valence-corrected chi connectivity index (χ4v) is 2.03. The molecule has 5 nitrogen and oxygen atoms in total. The maximum Gasteiger partial charge on any atom is 0.338 e. The Balaban J connectivity index is 1.94. The number of esters is 1. The Bertz CT molecular complexity index is 725. The SMILES string of the molecule is CCC(C)(C)NC(=O)COC(=O)c1cccc(Oc2ccccc2)c1. The number of carbonyl (C=O) groups is 2. The van der Waals surface area contributed by atoms with E-state index < -0.39 is 5.97 Å². The molecule has 0 radical (unpaired) electrons. The highest BCUT2D eigenvalue weighted by Gasteiger charge is 2.19. The summed E-state index contributed by atoms with van der Waals surface area (Å²) in [7, 11) is 0. The maximum absolute atomic E-state index is 12.1. The quantitative estimate of drug-likeness (QED) is 0.775. The Morgan fingerprint density at radius 2 is 1.68 bits per heavy atom. The van der Waals surface area contributed by atoms with Crippen LogP contribution in [-0.4, -0.2) is 24.0 Å². The molecule has 0 fully saturated rings. The molecule has 5 heteroatoms. The zero-order valence-electron chi connectivity index (χ0n) is 14.7. The number of hydrogen-bond acceptors (Lipinski definition) is 4. The first-order valence-electron chi connectivity index (χ1n) is 8.21. The molecule has 0 bridgehead atoms. The molecule has 0 aliphatic carbocycles. The lowest BCUT2D eigenvalue weighted by Gasteiger charge is -2.24. The molecule has 1 N–H and O–H groups in total. The van der Waals surface area contributed by atoms with Crippen LogP contribution in [0.5, 0.6) is 11.5 Å². The average Bonchev–Trinajstić information content (AvgIpc) is 2.60. The van der Waals surface area contributed by atoms with Gasteiger partial charge in [0.1, 0.15) is 11.5 Å². The molecule has 0 unspecified atom stereocenters. The minimum atomic E-state index is -0.567. The molecule has 0 spiro atoms. The molecule has 0 aliphatic rings. The molecule has 25 heavy (non-hydrogen) atoms. The summed E-state index contributed by atoms with van der Waals surface area (Å²) in [4.78, 5) is 24.0. The van der Waals surface area contributed by atoms with Crippen LogP contribution in [0.25, 0.3) is 0 Å².